The van der Waals surface area contributed by atoms with Crippen molar-refractivity contribution in [3.63, 3.8) is 0 Å². The van der Waals surface area contributed by atoms with Crippen LogP contribution in [0.3, 0.4) is 0 Å². The number of hydrogen-bond acceptors (Lipinski definition) is 8. The van der Waals surface area contributed by atoms with Crippen molar-refractivity contribution >= 4 is 39.3 Å². The first kappa shape index (κ1) is 44.6. The van der Waals surface area contributed by atoms with E-state index in [1.807, 2.05) is 85.5 Å². The van der Waals surface area contributed by atoms with Gasteiger partial charge in [0.15, 0.2) is 0 Å². The van der Waals surface area contributed by atoms with E-state index in [0.717, 1.165) is 82.8 Å². The molecule has 0 radical (unpaired) electrons. The molecular weight excluding hydrogens is 773 g/mol. The van der Waals surface area contributed by atoms with E-state index < -0.39 is 5.41 Å². The number of nitrogens with zero attached hydrogens (tertiary/aromatic N) is 7. The summed E-state index contributed by atoms with van der Waals surface area (Å²) in [6, 6.07) is 16.9. The van der Waals surface area contributed by atoms with E-state index in [0.29, 0.717) is 19.1 Å². The fourth-order valence-corrected chi connectivity index (χ4v) is 9.19. The van der Waals surface area contributed by atoms with E-state index in [1.165, 1.54) is 81.0 Å². The van der Waals surface area contributed by atoms with Crippen LogP contribution in [0.1, 0.15) is 122 Å². The summed E-state index contributed by atoms with van der Waals surface area (Å²) in [5, 5.41) is 5.47. The van der Waals surface area contributed by atoms with Crippen LogP contribution in [0.5, 0.6) is 11.5 Å². The van der Waals surface area contributed by atoms with Gasteiger partial charge >= 0.3 is 0 Å². The Morgan fingerprint density at radius 1 is 0.677 bits per heavy atom. The summed E-state index contributed by atoms with van der Waals surface area (Å²) in [4.78, 5) is 33.4. The highest BCUT2D eigenvalue weighted by atomic mass is 16.5. The molecule has 0 bridgehead atoms. The summed E-state index contributed by atoms with van der Waals surface area (Å²) in [6.45, 7) is 13.1. The maximum Gasteiger partial charge on any atom is 0.232 e. The summed E-state index contributed by atoms with van der Waals surface area (Å²) in [6.07, 6.45) is 22.2. The second kappa shape index (κ2) is 20.6. The molecule has 0 saturated heterocycles. The molecule has 2 fully saturated rings. The number of fused-ring (bicyclic) bond motifs is 2. The number of nitrogens with one attached hydrogen (secondary N) is 1. The van der Waals surface area contributed by atoms with Gasteiger partial charge in [-0.3, -0.25) is 14.8 Å². The van der Waals surface area contributed by atoms with Crippen molar-refractivity contribution in [2.24, 2.45) is 17.3 Å². The van der Waals surface area contributed by atoms with E-state index in [4.69, 9.17) is 19.4 Å². The van der Waals surface area contributed by atoms with Gasteiger partial charge in [-0.1, -0.05) is 59.3 Å². The number of amides is 1. The number of hydrogen-bond donors (Lipinski definition) is 1. The summed E-state index contributed by atoms with van der Waals surface area (Å²) in [5.41, 5.74) is 8.09. The van der Waals surface area contributed by atoms with Gasteiger partial charge in [0.25, 0.3) is 0 Å². The Morgan fingerprint density at radius 3 is 1.60 bits per heavy atom. The lowest BCUT2D eigenvalue weighted by Crippen LogP contribution is -2.36. The molecule has 0 spiro atoms. The molecule has 2 aliphatic rings. The van der Waals surface area contributed by atoms with E-state index in [9.17, 15) is 4.79 Å². The Labute approximate surface area is 368 Å². The van der Waals surface area contributed by atoms with Gasteiger partial charge < -0.3 is 28.8 Å². The van der Waals surface area contributed by atoms with E-state index in [2.05, 4.69) is 54.8 Å². The van der Waals surface area contributed by atoms with Gasteiger partial charge in [0.05, 0.1) is 49.4 Å². The highest BCUT2D eigenvalue weighted by Gasteiger charge is 2.27. The molecule has 6 heterocycles. The molecule has 330 valence electrons. The number of anilines is 2. The second-order valence-electron chi connectivity index (χ2n) is 18.3. The smallest absolute Gasteiger partial charge is 0.232 e. The summed E-state index contributed by atoms with van der Waals surface area (Å²) in [7, 11) is 3.77. The predicted molar refractivity (Wildman–Crippen MR) is 251 cm³/mol. The molecule has 62 heavy (non-hydrogen) atoms. The molecule has 6 aromatic rings. The minimum absolute atomic E-state index is 0.0779. The van der Waals surface area contributed by atoms with Crippen LogP contribution in [0.15, 0.2) is 73.3 Å². The molecule has 1 amide bonds. The average molecular weight is 841 g/mol. The fourth-order valence-electron chi connectivity index (χ4n) is 9.19. The largest absolute Gasteiger partial charge is 0.492 e. The number of carbonyl (C=O) groups is 1. The lowest BCUT2D eigenvalue weighted by molar-refractivity contribution is -0.125. The molecule has 2 aliphatic carbocycles. The maximum absolute atomic E-state index is 12.8. The van der Waals surface area contributed by atoms with Gasteiger partial charge in [-0.2, -0.15) is 0 Å². The molecule has 11 nitrogen and oxygen atoms in total. The molecular formula is C51H68N8O3. The zero-order valence-corrected chi connectivity index (χ0v) is 38.3. The van der Waals surface area contributed by atoms with E-state index >= 15 is 0 Å². The Hall–Kier alpha value is -5.45. The third-order valence-electron chi connectivity index (χ3n) is 12.5. The topological polar surface area (TPSA) is 112 Å². The Bertz CT molecular complexity index is 2370. The average Bonchev–Trinajstić information content (AvgIpc) is 3.80. The molecule has 11 heteroatoms. The van der Waals surface area contributed by atoms with E-state index in [-0.39, 0.29) is 5.91 Å². The zero-order chi connectivity index (χ0) is 43.6. The van der Waals surface area contributed by atoms with Gasteiger partial charge in [0.2, 0.25) is 5.91 Å². The summed E-state index contributed by atoms with van der Waals surface area (Å²) >= 11 is 0. The van der Waals surface area contributed by atoms with Gasteiger partial charge in [-0.15, -0.1) is 0 Å². The first-order valence-corrected chi connectivity index (χ1v) is 23.1. The van der Waals surface area contributed by atoms with Crippen molar-refractivity contribution in [3.05, 3.63) is 96.1 Å². The third kappa shape index (κ3) is 11.1. The molecule has 0 aliphatic heterocycles. The SMILES string of the molecule is CCOc1ccc(Cc2cc3cc(N(C)C(=O)C(C)(C)C)cnc3n2CC2CCCCC2)nc1.CCOc1ccc(Cc2cc3cc(NC)cnc3n2CC2CCCCC2)nc1. The van der Waals surface area contributed by atoms with Crippen molar-refractivity contribution in [1.29, 1.82) is 0 Å². The number of rotatable bonds is 14. The monoisotopic (exact) mass is 841 g/mol. The van der Waals surface area contributed by atoms with Gasteiger partial charge in [0.1, 0.15) is 22.8 Å². The number of ether oxygens (including phenoxy) is 2. The van der Waals surface area contributed by atoms with Gasteiger partial charge in [-0.25, -0.2) is 9.97 Å². The lowest BCUT2D eigenvalue weighted by atomic mass is 9.89. The summed E-state index contributed by atoms with van der Waals surface area (Å²) < 4.78 is 15.9. The third-order valence-corrected chi connectivity index (χ3v) is 12.5. The lowest BCUT2D eigenvalue weighted by Gasteiger charge is -2.26. The zero-order valence-electron chi connectivity index (χ0n) is 38.3. The van der Waals surface area contributed by atoms with Crippen LogP contribution in [0, 0.1) is 17.3 Å². The molecule has 8 rings (SSSR count). The molecule has 0 aromatic carbocycles. The molecule has 6 aromatic heterocycles. The summed E-state index contributed by atoms with van der Waals surface area (Å²) in [5.74, 6) is 3.14. The van der Waals surface area contributed by atoms with Crippen LogP contribution < -0.4 is 19.7 Å². The minimum Gasteiger partial charge on any atom is -0.492 e. The number of carbonyl (C=O) groups excluding carboxylic acids is 1. The fraction of sp³-hybridized carbons (Fsp3) is 0.510. The first-order chi connectivity index (χ1) is 30.0. The number of aromatic nitrogens is 6. The molecule has 1 N–H and O–H groups in total. The van der Waals surface area contributed by atoms with E-state index in [1.54, 1.807) is 11.1 Å². The van der Waals surface area contributed by atoms with Gasteiger partial charge in [-0.05, 0) is 99.9 Å². The molecule has 2 saturated carbocycles. The van der Waals surface area contributed by atoms with Crippen molar-refractivity contribution < 1.29 is 14.3 Å². The Balaban J connectivity index is 0.000000190. The molecule has 0 unspecified atom stereocenters. The standard InChI is InChI=1S/C28H38N4O2.C23H30N4O/c1-6-34-25-13-12-22(29-18-25)16-23-14-21-15-24(31(5)27(33)28(2,3)4)17-30-26(21)32(23)19-20-10-8-7-9-11-20;1-3-28-22-10-9-19(25-15-22)13-21-12-18-11-20(24-2)14-26-23(18)27(21)16-17-7-5-4-6-8-17/h12-15,17-18,20H,6-11,16,19H2,1-5H3;9-12,14-15,17,24H,3-8,13,16H2,1-2H3. The van der Waals surface area contributed by atoms with Crippen LogP contribution in [-0.4, -0.2) is 62.3 Å². The quantitative estimate of drug-likeness (QED) is 0.115. The van der Waals surface area contributed by atoms with Crippen LogP contribution in [0.2, 0.25) is 0 Å². The van der Waals surface area contributed by atoms with Crippen LogP contribution in [0.4, 0.5) is 11.4 Å². The Morgan fingerprint density at radius 2 is 1.16 bits per heavy atom. The predicted octanol–water partition coefficient (Wildman–Crippen LogP) is 11.1. The first-order valence-electron chi connectivity index (χ1n) is 23.1. The number of pyridine rings is 4. The van der Waals surface area contributed by atoms with Crippen LogP contribution >= 0.6 is 0 Å². The van der Waals surface area contributed by atoms with Crippen molar-refractivity contribution in [1.82, 2.24) is 29.1 Å². The highest BCUT2D eigenvalue weighted by Crippen LogP contribution is 2.32. The highest BCUT2D eigenvalue weighted by molar-refractivity contribution is 5.97. The van der Waals surface area contributed by atoms with Crippen LogP contribution in [0.25, 0.3) is 22.1 Å². The van der Waals surface area contributed by atoms with Crippen LogP contribution in [-0.2, 0) is 30.7 Å². The minimum atomic E-state index is -0.443. The van der Waals surface area contributed by atoms with Gasteiger partial charge in [0, 0.05) is 79.0 Å². The van der Waals surface area contributed by atoms with Crippen molar-refractivity contribution in [2.75, 3.05) is 37.5 Å². The second-order valence-corrected chi connectivity index (χ2v) is 18.3. The molecule has 0 atom stereocenters. The van der Waals surface area contributed by atoms with Crippen molar-refractivity contribution in [3.8, 4) is 11.5 Å². The normalized spacial score (nSPS) is 15.0. The van der Waals surface area contributed by atoms with Crippen molar-refractivity contribution in [2.45, 2.75) is 125 Å². The maximum atomic E-state index is 12.8. The Kier molecular flexibility index (Phi) is 14.8.